The van der Waals surface area contributed by atoms with Crippen LogP contribution in [-0.4, -0.2) is 24.1 Å². The van der Waals surface area contributed by atoms with Gasteiger partial charge < -0.3 is 24.8 Å². The maximum atomic E-state index is 4.44. The quantitative estimate of drug-likeness (QED) is 0.241. The Morgan fingerprint density at radius 1 is 0.389 bits per heavy atom. The van der Waals surface area contributed by atoms with Crippen LogP contribution in [-0.2, 0) is 41.8 Å². The zero-order valence-electron chi connectivity index (χ0n) is 37.8. The third kappa shape index (κ3) is 16.9. The van der Waals surface area contributed by atoms with E-state index in [4.69, 9.17) is 0 Å². The van der Waals surface area contributed by atoms with E-state index in [0.29, 0.717) is 0 Å². The summed E-state index contributed by atoms with van der Waals surface area (Å²) in [6.07, 6.45) is 32.3. The third-order valence-corrected chi connectivity index (χ3v) is 64.1. The van der Waals surface area contributed by atoms with E-state index < -0.39 is 53.8 Å². The summed E-state index contributed by atoms with van der Waals surface area (Å²) in [5, 5.41) is 0. The van der Waals surface area contributed by atoms with Crippen molar-refractivity contribution in [2.45, 2.75) is 235 Å². The van der Waals surface area contributed by atoms with Gasteiger partial charge in [0, 0.05) is 0 Å². The Morgan fingerprint density at radius 3 is 0.796 bits per heavy atom. The van der Waals surface area contributed by atoms with Crippen LogP contribution in [0.1, 0.15) is 197 Å². The number of hydrogen-bond donors (Lipinski definition) is 2. The summed E-state index contributed by atoms with van der Waals surface area (Å²) in [7, 11) is 0. The Balaban J connectivity index is 0.000000521. The molecule has 0 bridgehead atoms. The number of halogens is 2. The molecule has 0 spiro atoms. The zero-order chi connectivity index (χ0) is 38.2. The van der Waals surface area contributed by atoms with E-state index >= 15 is 0 Å². The first-order valence-electron chi connectivity index (χ1n) is 22.9. The second-order valence-electron chi connectivity index (χ2n) is 18.5. The predicted octanol–water partition coefficient (Wildman–Crippen LogP) is 8.06. The fourth-order valence-electron chi connectivity index (χ4n) is 9.76. The molecule has 4 rings (SSSR count). The minimum Gasteiger partial charge on any atom is -1.00 e. The molecule has 2 N–H and O–H groups in total. The van der Waals surface area contributed by atoms with E-state index in [-0.39, 0.29) is 24.8 Å². The van der Waals surface area contributed by atoms with E-state index in [0.717, 1.165) is 23.9 Å². The van der Waals surface area contributed by atoms with Crippen molar-refractivity contribution in [2.24, 2.45) is 11.8 Å². The molecular formula is C46H88Cl2Hf2N2Si2. The van der Waals surface area contributed by atoms with Gasteiger partial charge in [-0.25, -0.2) is 0 Å². The Hall–Kier alpha value is 1.63. The van der Waals surface area contributed by atoms with Crippen molar-refractivity contribution in [3.05, 3.63) is 40.1 Å². The predicted molar refractivity (Wildman–Crippen MR) is 234 cm³/mol. The first kappa shape index (κ1) is 53.7. The van der Waals surface area contributed by atoms with Gasteiger partial charge in [0.15, 0.2) is 0 Å². The van der Waals surface area contributed by atoms with Crippen molar-refractivity contribution < 1.29 is 66.6 Å². The second-order valence-corrected chi connectivity index (χ2v) is 69.3. The van der Waals surface area contributed by atoms with Crippen LogP contribution in [0.5, 0.6) is 0 Å². The molecule has 312 valence electrons. The first-order valence-corrected chi connectivity index (χ1v) is 48.3. The van der Waals surface area contributed by atoms with Crippen LogP contribution >= 0.6 is 0 Å². The van der Waals surface area contributed by atoms with Gasteiger partial charge in [0.2, 0.25) is 0 Å². The fourth-order valence-corrected chi connectivity index (χ4v) is 59.3. The van der Waals surface area contributed by atoms with E-state index in [9.17, 15) is 0 Å². The molecule has 2 fully saturated rings. The molecule has 0 saturated heterocycles. The van der Waals surface area contributed by atoms with Crippen LogP contribution in [0.3, 0.4) is 0 Å². The second kappa shape index (κ2) is 29.0. The van der Waals surface area contributed by atoms with Gasteiger partial charge in [-0.2, -0.15) is 0 Å². The maximum absolute atomic E-state index is 4.44. The molecular weight excluding hydrogens is 1060 g/mol. The summed E-state index contributed by atoms with van der Waals surface area (Å²) in [6.45, 7) is 29.9. The smallest absolute Gasteiger partial charge is 1.00 e. The van der Waals surface area contributed by atoms with Gasteiger partial charge in [-0.3, -0.25) is 0 Å². The molecule has 2 unspecified atom stereocenters. The van der Waals surface area contributed by atoms with Gasteiger partial charge in [0.25, 0.3) is 0 Å². The van der Waals surface area contributed by atoms with E-state index in [1.807, 2.05) is 6.66 Å². The van der Waals surface area contributed by atoms with Crippen molar-refractivity contribution in [3.63, 3.8) is 0 Å². The normalized spacial score (nSPS) is 23.9. The fraction of sp³-hybridized carbons (Fsp3) is 0.826. The molecule has 0 aromatic heterocycles. The van der Waals surface area contributed by atoms with Gasteiger partial charge >= 0.3 is 347 Å². The molecule has 2 atom stereocenters. The van der Waals surface area contributed by atoms with E-state index in [2.05, 4.69) is 88.2 Å². The Labute approximate surface area is 368 Å². The van der Waals surface area contributed by atoms with Crippen LogP contribution < -0.4 is 31.4 Å². The third-order valence-electron chi connectivity index (χ3n) is 13.9. The standard InChI is InChI=1S/2C12H24N.2C9H13.2C2H7Si.2ClH.2Hf/c2*13-12-10-8-6-4-2-1-3-5-7-9-11-12;2*1-6-5-7(2)9(4)8(6)3;2*1-3-2;;;;/h2*12-13H,1-11H2;2*6H,1-4H3;2*3H,1-2H3;2*1H;;/q2*-1;;;;;;;2*+2/p-2. The van der Waals surface area contributed by atoms with E-state index in [1.54, 1.807) is 33.4 Å². The largest absolute Gasteiger partial charge is 1.00 e. The van der Waals surface area contributed by atoms with Gasteiger partial charge in [-0.1, -0.05) is 0 Å². The van der Waals surface area contributed by atoms with Crippen molar-refractivity contribution in [3.8, 4) is 0 Å². The molecule has 2 nitrogen and oxygen atoms in total. The molecule has 4 aliphatic rings. The topological polar surface area (TPSA) is 24.1 Å². The van der Waals surface area contributed by atoms with Gasteiger partial charge in [-0.05, 0) is 0 Å². The summed E-state index contributed by atoms with van der Waals surface area (Å²) in [5.41, 5.74) is 9.94. The molecule has 8 heteroatoms. The average molecular weight is 1150 g/mol. The van der Waals surface area contributed by atoms with Crippen LogP contribution in [0.25, 0.3) is 0 Å². The van der Waals surface area contributed by atoms with Crippen molar-refractivity contribution in [2.75, 3.05) is 0 Å². The Morgan fingerprint density at radius 2 is 0.611 bits per heavy atom. The van der Waals surface area contributed by atoms with Crippen molar-refractivity contribution in [1.29, 1.82) is 0 Å². The molecule has 0 aromatic carbocycles. The first-order chi connectivity index (χ1) is 24.9. The Bertz CT molecular complexity index is 1100. The summed E-state index contributed by atoms with van der Waals surface area (Å²) in [4.78, 5) is 0. The molecule has 54 heavy (non-hydrogen) atoms. The summed E-state index contributed by atoms with van der Waals surface area (Å²) < 4.78 is 12.8. The van der Waals surface area contributed by atoms with E-state index in [1.165, 1.54) is 141 Å². The van der Waals surface area contributed by atoms with Crippen LogP contribution in [0, 0.1) is 11.8 Å². The summed E-state index contributed by atoms with van der Waals surface area (Å²) >= 11 is -3.73. The minimum atomic E-state index is -1.86. The van der Waals surface area contributed by atoms with Crippen molar-refractivity contribution >= 4 is 12.0 Å². The molecule has 0 aromatic rings. The maximum Gasteiger partial charge on any atom is -1.00 e. The molecule has 0 amide bonds. The van der Waals surface area contributed by atoms with Crippen LogP contribution in [0.4, 0.5) is 0 Å². The minimum absolute atomic E-state index is 0. The number of nitrogens with one attached hydrogen (secondary N) is 2. The van der Waals surface area contributed by atoms with Crippen molar-refractivity contribution in [1.82, 2.24) is 6.61 Å². The van der Waals surface area contributed by atoms with Crippen LogP contribution in [0.15, 0.2) is 40.1 Å². The van der Waals surface area contributed by atoms with Gasteiger partial charge in [-0.15, -0.1) is 0 Å². The molecule has 0 aliphatic heterocycles. The average Bonchev–Trinajstić information content (AvgIpc) is 3.41. The monoisotopic (exact) mass is 1150 g/mol. The Kier molecular flexibility index (Phi) is 28.8. The molecule has 0 radical (unpaired) electrons. The summed E-state index contributed by atoms with van der Waals surface area (Å²) in [6, 6.07) is 1.67. The van der Waals surface area contributed by atoms with Crippen LogP contribution in [0.2, 0.25) is 26.2 Å². The number of rotatable bonds is 8. The van der Waals surface area contributed by atoms with Gasteiger partial charge in [0.1, 0.15) is 0 Å². The summed E-state index contributed by atoms with van der Waals surface area (Å²) in [5.74, 6) is 0.311. The number of allylic oxidation sites excluding steroid dienone is 8. The molecule has 2 saturated carbocycles. The van der Waals surface area contributed by atoms with Gasteiger partial charge in [0.05, 0.1) is 0 Å². The molecule has 4 aliphatic carbocycles. The number of hydrogen-bond acceptors (Lipinski definition) is 2. The SMILES string of the molecule is CC1=C(C)C(C)[C]([Hf+]([NH]C2CCCCCCCCCCC2)[SiH](C)C)=C1C.CC1=C(C)C(C)[C]([Hf+]([NH]C2CCCCCCCCCCC2)[SiH](C)C)=C1C.[Cl-].[Cl-]. The zero-order valence-corrected chi connectivity index (χ0v) is 48.8. The molecule has 0 heterocycles.